The minimum Gasteiger partial charge on any atom is -0.467 e. The number of hydrogen-bond donors (Lipinski definition) is 3. The number of carbonyl (C=O) groups excluding carboxylic acids is 3. The second-order valence-corrected chi connectivity index (χ2v) is 11.2. The Balaban J connectivity index is 1.76. The fourth-order valence-corrected chi connectivity index (χ4v) is 5.20. The number of carbonyl (C=O) groups is 3. The summed E-state index contributed by atoms with van der Waals surface area (Å²) in [6, 6.07) is 9.54. The van der Waals surface area contributed by atoms with Crippen molar-refractivity contribution in [1.29, 1.82) is 0 Å². The Morgan fingerprint density at radius 3 is 2.51 bits per heavy atom. The van der Waals surface area contributed by atoms with Gasteiger partial charge in [-0.15, -0.1) is 0 Å². The molecule has 1 fully saturated rings. The Kier molecular flexibility index (Phi) is 7.68. The lowest BCUT2D eigenvalue weighted by Gasteiger charge is -2.32. The molecule has 3 amide bonds. The van der Waals surface area contributed by atoms with Crippen molar-refractivity contribution in [3.05, 3.63) is 64.6 Å². The van der Waals surface area contributed by atoms with E-state index < -0.39 is 29.3 Å². The molecule has 4 rings (SSSR count). The highest BCUT2D eigenvalue weighted by Gasteiger charge is 2.39. The van der Waals surface area contributed by atoms with Crippen molar-refractivity contribution in [1.82, 2.24) is 15.0 Å². The van der Waals surface area contributed by atoms with Crippen molar-refractivity contribution in [2.45, 2.75) is 71.0 Å². The second-order valence-electron chi connectivity index (χ2n) is 10.4. The van der Waals surface area contributed by atoms with Crippen molar-refractivity contribution in [3.8, 4) is 0 Å². The lowest BCUT2D eigenvalue weighted by Crippen LogP contribution is -2.49. The van der Waals surface area contributed by atoms with Gasteiger partial charge in [0.15, 0.2) is 11.7 Å². The van der Waals surface area contributed by atoms with Crippen LogP contribution in [0.2, 0.25) is 0 Å². The largest absolute Gasteiger partial charge is 0.467 e. The Morgan fingerprint density at radius 1 is 1.16 bits per heavy atom. The normalized spacial score (nSPS) is 14.8. The molecule has 0 spiro atoms. The van der Waals surface area contributed by atoms with Crippen LogP contribution < -0.4 is 21.3 Å². The minimum absolute atomic E-state index is 0.00225. The number of nitrogens with zero attached hydrogens (tertiary/aromatic N) is 2. The van der Waals surface area contributed by atoms with Crippen molar-refractivity contribution in [2.75, 3.05) is 10.6 Å². The molecule has 37 heavy (non-hydrogen) atoms. The Hall–Kier alpha value is -3.66. The highest BCUT2D eigenvalue weighted by atomic mass is 32.1. The van der Waals surface area contributed by atoms with Gasteiger partial charge in [-0.1, -0.05) is 25.0 Å². The Bertz CT molecular complexity index is 1270. The molecule has 0 bridgehead atoms. The van der Waals surface area contributed by atoms with Crippen LogP contribution in [0.25, 0.3) is 0 Å². The van der Waals surface area contributed by atoms with Gasteiger partial charge in [-0.05, 0) is 81.9 Å². The number of nitrogens with one attached hydrogen (secondary N) is 2. The van der Waals surface area contributed by atoms with Crippen LogP contribution in [-0.2, 0) is 4.79 Å². The molecule has 0 saturated heterocycles. The Labute approximate surface area is 220 Å². The molecule has 196 valence electrons. The zero-order valence-electron chi connectivity index (χ0n) is 21.5. The number of furan rings is 1. The van der Waals surface area contributed by atoms with E-state index in [1.54, 1.807) is 18.2 Å². The molecule has 2 heterocycles. The van der Waals surface area contributed by atoms with Crippen LogP contribution in [0.1, 0.15) is 84.0 Å². The van der Waals surface area contributed by atoms with E-state index in [1.807, 2.05) is 45.9 Å². The first-order chi connectivity index (χ1) is 17.5. The van der Waals surface area contributed by atoms with Gasteiger partial charge in [0.25, 0.3) is 17.7 Å². The van der Waals surface area contributed by atoms with Crippen LogP contribution in [0.5, 0.6) is 0 Å². The zero-order valence-corrected chi connectivity index (χ0v) is 22.4. The first-order valence-corrected chi connectivity index (χ1v) is 13.1. The van der Waals surface area contributed by atoms with Gasteiger partial charge in [0, 0.05) is 17.3 Å². The summed E-state index contributed by atoms with van der Waals surface area (Å²) >= 11 is 0.848. The second kappa shape index (κ2) is 10.8. The summed E-state index contributed by atoms with van der Waals surface area (Å²) in [7, 11) is 0. The van der Waals surface area contributed by atoms with Gasteiger partial charge >= 0.3 is 0 Å². The number of rotatable bonds is 7. The molecule has 1 atom stereocenters. The van der Waals surface area contributed by atoms with Gasteiger partial charge in [0.1, 0.15) is 10.6 Å². The molecule has 1 aromatic carbocycles. The predicted octanol–water partition coefficient (Wildman–Crippen LogP) is 4.60. The van der Waals surface area contributed by atoms with Crippen molar-refractivity contribution < 1.29 is 18.8 Å². The number of benzene rings is 1. The van der Waals surface area contributed by atoms with Crippen LogP contribution >= 0.6 is 11.5 Å². The summed E-state index contributed by atoms with van der Waals surface area (Å²) in [5.74, 6) is -1.07. The Morgan fingerprint density at radius 2 is 1.89 bits per heavy atom. The van der Waals surface area contributed by atoms with E-state index in [0.717, 1.165) is 42.8 Å². The lowest BCUT2D eigenvalue weighted by molar-refractivity contribution is -0.124. The zero-order chi connectivity index (χ0) is 26.7. The van der Waals surface area contributed by atoms with Gasteiger partial charge in [-0.3, -0.25) is 19.3 Å². The standard InChI is InChI=1S/C27H33N5O4S/c1-16-9-7-12-18(15-16)32(22(19-13-8-14-36-19)25(34)30-27(2,3)4)26(35)23-20(28)21(31-37-23)24(33)29-17-10-5-6-11-17/h7-9,12-15,17,22H,5-6,10-11,28H2,1-4H3,(H,29,33)(H,30,34). The maximum Gasteiger partial charge on any atom is 0.273 e. The van der Waals surface area contributed by atoms with E-state index in [-0.39, 0.29) is 22.3 Å². The van der Waals surface area contributed by atoms with E-state index in [0.29, 0.717) is 11.4 Å². The SMILES string of the molecule is Cc1cccc(N(C(=O)c2snc(C(=O)NC3CCCC3)c2N)C(C(=O)NC(C)(C)C)c2ccco2)c1. The summed E-state index contributed by atoms with van der Waals surface area (Å²) in [4.78, 5) is 42.1. The molecular weight excluding hydrogens is 490 g/mol. The molecule has 4 N–H and O–H groups in total. The minimum atomic E-state index is -1.12. The molecule has 1 aliphatic carbocycles. The molecule has 2 aromatic heterocycles. The van der Waals surface area contributed by atoms with Gasteiger partial charge in [0.05, 0.1) is 12.0 Å². The summed E-state index contributed by atoms with van der Waals surface area (Å²) in [6.45, 7) is 7.48. The lowest BCUT2D eigenvalue weighted by atomic mass is 10.0. The molecule has 1 saturated carbocycles. The van der Waals surface area contributed by atoms with E-state index >= 15 is 0 Å². The molecule has 1 aliphatic rings. The third kappa shape index (κ3) is 6.02. The molecule has 9 nitrogen and oxygen atoms in total. The van der Waals surface area contributed by atoms with Crippen LogP contribution in [0, 0.1) is 6.92 Å². The van der Waals surface area contributed by atoms with Crippen molar-refractivity contribution >= 4 is 40.6 Å². The van der Waals surface area contributed by atoms with Gasteiger partial charge in [-0.2, -0.15) is 4.37 Å². The predicted molar refractivity (Wildman–Crippen MR) is 144 cm³/mol. The van der Waals surface area contributed by atoms with E-state index in [4.69, 9.17) is 10.2 Å². The van der Waals surface area contributed by atoms with Crippen molar-refractivity contribution in [3.63, 3.8) is 0 Å². The molecule has 1 unspecified atom stereocenters. The highest BCUT2D eigenvalue weighted by molar-refractivity contribution is 7.09. The van der Waals surface area contributed by atoms with E-state index in [1.165, 1.54) is 11.2 Å². The number of aromatic nitrogens is 1. The van der Waals surface area contributed by atoms with Gasteiger partial charge in [-0.25, -0.2) is 0 Å². The number of anilines is 2. The van der Waals surface area contributed by atoms with Crippen LogP contribution in [-0.4, -0.2) is 33.7 Å². The summed E-state index contributed by atoms with van der Waals surface area (Å²) < 4.78 is 9.87. The summed E-state index contributed by atoms with van der Waals surface area (Å²) in [5, 5.41) is 5.92. The van der Waals surface area contributed by atoms with Crippen LogP contribution in [0.3, 0.4) is 0 Å². The quantitative estimate of drug-likeness (QED) is 0.415. The molecule has 10 heteroatoms. The first-order valence-electron chi connectivity index (χ1n) is 12.4. The average Bonchev–Trinajstić information content (AvgIpc) is 3.58. The number of nitrogens with two attached hydrogens (primary N) is 1. The maximum atomic E-state index is 14.1. The number of nitrogen functional groups attached to an aromatic ring is 1. The third-order valence-electron chi connectivity index (χ3n) is 6.14. The van der Waals surface area contributed by atoms with Gasteiger partial charge in [0.2, 0.25) is 0 Å². The first kappa shape index (κ1) is 26.4. The topological polar surface area (TPSA) is 131 Å². The third-order valence-corrected chi connectivity index (χ3v) is 6.99. The van der Waals surface area contributed by atoms with Crippen molar-refractivity contribution in [2.24, 2.45) is 0 Å². The fourth-order valence-electron chi connectivity index (χ4n) is 4.47. The van der Waals surface area contributed by atoms with Crippen LogP contribution in [0.4, 0.5) is 11.4 Å². The molecular formula is C27H33N5O4S. The van der Waals surface area contributed by atoms with E-state index in [9.17, 15) is 14.4 Å². The monoisotopic (exact) mass is 523 g/mol. The summed E-state index contributed by atoms with van der Waals surface area (Å²) in [5.41, 5.74) is 7.19. The molecule has 0 aliphatic heterocycles. The number of hydrogen-bond acceptors (Lipinski definition) is 7. The molecule has 0 radical (unpaired) electrons. The van der Waals surface area contributed by atoms with Crippen LogP contribution in [0.15, 0.2) is 47.1 Å². The fraction of sp³-hybridized carbons (Fsp3) is 0.407. The summed E-state index contributed by atoms with van der Waals surface area (Å²) in [6.07, 6.45) is 5.42. The number of aryl methyl sites for hydroxylation is 1. The smallest absolute Gasteiger partial charge is 0.273 e. The number of amides is 3. The highest BCUT2D eigenvalue weighted by Crippen LogP contribution is 2.34. The average molecular weight is 524 g/mol. The van der Waals surface area contributed by atoms with E-state index in [2.05, 4.69) is 15.0 Å². The maximum absolute atomic E-state index is 14.1. The molecule has 3 aromatic rings. The van der Waals surface area contributed by atoms with Gasteiger partial charge < -0.3 is 20.8 Å².